The number of rotatable bonds is 11. The van der Waals surface area contributed by atoms with Gasteiger partial charge in [0.1, 0.15) is 46.6 Å². The van der Waals surface area contributed by atoms with Gasteiger partial charge in [-0.2, -0.15) is 0 Å². The summed E-state index contributed by atoms with van der Waals surface area (Å²) in [7, 11) is 4.18. The Kier molecular flexibility index (Phi) is 10.2. The van der Waals surface area contributed by atoms with Crippen molar-refractivity contribution in [3.63, 3.8) is 0 Å². The molecule has 43 heavy (non-hydrogen) atoms. The van der Waals surface area contributed by atoms with Gasteiger partial charge in [-0.3, -0.25) is 4.79 Å². The number of benzene rings is 3. The lowest BCUT2D eigenvalue weighted by atomic mass is 10.1. The highest BCUT2D eigenvalue weighted by Crippen LogP contribution is 2.32. The Morgan fingerprint density at radius 1 is 0.605 bits per heavy atom. The van der Waals surface area contributed by atoms with Crippen LogP contribution in [0.3, 0.4) is 0 Å². The van der Waals surface area contributed by atoms with Crippen LogP contribution >= 0.6 is 0 Å². The monoisotopic (exact) mass is 594 g/mol. The van der Waals surface area contributed by atoms with Crippen LogP contribution in [0.15, 0.2) is 72.8 Å². The van der Waals surface area contributed by atoms with Crippen LogP contribution in [0.1, 0.15) is 38.0 Å². The second-order valence-corrected chi connectivity index (χ2v) is 9.09. The predicted molar refractivity (Wildman–Crippen MR) is 148 cm³/mol. The van der Waals surface area contributed by atoms with E-state index in [1.165, 1.54) is 39.5 Å². The lowest BCUT2D eigenvalue weighted by molar-refractivity contribution is -0.172. The molecule has 1 fully saturated rings. The number of carbonyl (C=O) groups excluding carboxylic acids is 4. The number of ether oxygens (including phenoxy) is 8. The first-order chi connectivity index (χ1) is 20.8. The van der Waals surface area contributed by atoms with E-state index >= 15 is 0 Å². The fraction of sp³-hybridized carbons (Fsp3) is 0.290. The number of methoxy groups -OCH3 is 3. The van der Waals surface area contributed by atoms with Gasteiger partial charge in [0.05, 0.1) is 21.3 Å². The number of carbonyl (C=O) groups is 4. The van der Waals surface area contributed by atoms with E-state index in [-0.39, 0.29) is 33.9 Å². The largest absolute Gasteiger partial charge is 0.496 e. The molecule has 12 nitrogen and oxygen atoms in total. The van der Waals surface area contributed by atoms with Crippen molar-refractivity contribution in [3.05, 3.63) is 89.5 Å². The van der Waals surface area contributed by atoms with Crippen molar-refractivity contribution < 1.29 is 57.1 Å². The van der Waals surface area contributed by atoms with E-state index in [4.69, 9.17) is 37.9 Å². The van der Waals surface area contributed by atoms with Crippen LogP contribution < -0.4 is 14.2 Å². The van der Waals surface area contributed by atoms with Crippen molar-refractivity contribution in [2.45, 2.75) is 31.5 Å². The van der Waals surface area contributed by atoms with Crippen molar-refractivity contribution >= 4 is 23.9 Å². The summed E-state index contributed by atoms with van der Waals surface area (Å²) in [4.78, 5) is 51.5. The molecule has 1 saturated heterocycles. The van der Waals surface area contributed by atoms with Gasteiger partial charge in [0.25, 0.3) is 0 Å². The first-order valence-electron chi connectivity index (χ1n) is 13.1. The Labute approximate surface area is 247 Å². The van der Waals surface area contributed by atoms with Crippen molar-refractivity contribution in [1.29, 1.82) is 0 Å². The van der Waals surface area contributed by atoms with Gasteiger partial charge in [-0.15, -0.1) is 0 Å². The molecular weight excluding hydrogens is 564 g/mol. The molecular formula is C31H30O12. The molecule has 1 heterocycles. The van der Waals surface area contributed by atoms with Crippen LogP contribution in [0, 0.1) is 0 Å². The summed E-state index contributed by atoms with van der Waals surface area (Å²) in [6, 6.07) is 19.1. The molecule has 1 aliphatic heterocycles. The van der Waals surface area contributed by atoms with E-state index in [0.29, 0.717) is 0 Å². The minimum atomic E-state index is -1.55. The highest BCUT2D eigenvalue weighted by atomic mass is 16.8. The molecule has 0 amide bonds. The summed E-state index contributed by atoms with van der Waals surface area (Å²) in [5, 5.41) is 0. The van der Waals surface area contributed by atoms with Gasteiger partial charge >= 0.3 is 23.9 Å². The van der Waals surface area contributed by atoms with Gasteiger partial charge in [0, 0.05) is 6.92 Å². The zero-order chi connectivity index (χ0) is 30.9. The Balaban J connectivity index is 1.63. The molecule has 0 spiro atoms. The number of hydrogen-bond donors (Lipinski definition) is 0. The topological polar surface area (TPSA) is 142 Å². The zero-order valence-corrected chi connectivity index (χ0v) is 23.8. The smallest absolute Gasteiger partial charge is 0.344 e. The first kappa shape index (κ1) is 30.8. The molecule has 12 heteroatoms. The Bertz CT molecular complexity index is 1470. The Morgan fingerprint density at radius 3 is 1.51 bits per heavy atom. The molecule has 3 aromatic carbocycles. The molecule has 0 radical (unpaired) electrons. The second-order valence-electron chi connectivity index (χ2n) is 9.09. The lowest BCUT2D eigenvalue weighted by Crippen LogP contribution is -2.42. The number of esters is 4. The average molecular weight is 595 g/mol. The fourth-order valence-electron chi connectivity index (χ4n) is 4.41. The van der Waals surface area contributed by atoms with Crippen molar-refractivity contribution in [1.82, 2.24) is 0 Å². The SMILES string of the molecule is COc1ccccc1C(=O)OC[C@@H]1O[C@H](OC(=O)c2ccccc2OC)[C@H](OC(C)=O)[C@@H]1OC(=O)c1ccccc1OC. The number of para-hydroxylation sites is 3. The van der Waals surface area contributed by atoms with E-state index in [9.17, 15) is 19.2 Å². The molecule has 0 bridgehead atoms. The van der Waals surface area contributed by atoms with Crippen molar-refractivity contribution in [3.8, 4) is 17.2 Å². The third kappa shape index (κ3) is 7.22. The summed E-state index contributed by atoms with van der Waals surface area (Å²) in [6.45, 7) is 0.661. The van der Waals surface area contributed by atoms with E-state index in [1.807, 2.05) is 0 Å². The minimum Gasteiger partial charge on any atom is -0.496 e. The van der Waals surface area contributed by atoms with Crippen LogP contribution in [0.2, 0.25) is 0 Å². The molecule has 0 aromatic heterocycles. The summed E-state index contributed by atoms with van der Waals surface area (Å²) in [5.41, 5.74) is 0.288. The van der Waals surface area contributed by atoms with E-state index in [0.717, 1.165) is 6.92 Å². The van der Waals surface area contributed by atoms with Crippen LogP contribution in [-0.2, 0) is 28.5 Å². The first-order valence-corrected chi connectivity index (χ1v) is 13.1. The number of hydrogen-bond acceptors (Lipinski definition) is 12. The molecule has 4 atom stereocenters. The second kappa shape index (κ2) is 14.2. The van der Waals surface area contributed by atoms with Gasteiger partial charge in [0.2, 0.25) is 12.4 Å². The van der Waals surface area contributed by atoms with E-state index in [2.05, 4.69) is 0 Å². The molecule has 4 rings (SSSR count). The van der Waals surface area contributed by atoms with Gasteiger partial charge in [-0.05, 0) is 36.4 Å². The predicted octanol–water partition coefficient (Wildman–Crippen LogP) is 3.61. The van der Waals surface area contributed by atoms with Crippen molar-refractivity contribution in [2.24, 2.45) is 0 Å². The lowest BCUT2D eigenvalue weighted by Gasteiger charge is -2.24. The highest BCUT2D eigenvalue weighted by Gasteiger charge is 2.52. The Hall–Kier alpha value is -5.10. The Morgan fingerprint density at radius 2 is 1.05 bits per heavy atom. The van der Waals surface area contributed by atoms with Gasteiger partial charge in [-0.1, -0.05) is 36.4 Å². The minimum absolute atomic E-state index is 0.0730. The van der Waals surface area contributed by atoms with Gasteiger partial charge in [0.15, 0.2) is 6.10 Å². The zero-order valence-electron chi connectivity index (χ0n) is 23.8. The normalized spacial score (nSPS) is 19.1. The molecule has 0 N–H and O–H groups in total. The van der Waals surface area contributed by atoms with Crippen LogP contribution in [0.5, 0.6) is 17.2 Å². The summed E-state index contributed by atoms with van der Waals surface area (Å²) < 4.78 is 43.9. The van der Waals surface area contributed by atoms with E-state index < -0.39 is 55.1 Å². The quantitative estimate of drug-likeness (QED) is 0.236. The third-order valence-electron chi connectivity index (χ3n) is 6.40. The fourth-order valence-corrected chi connectivity index (χ4v) is 4.41. The van der Waals surface area contributed by atoms with Gasteiger partial charge < -0.3 is 37.9 Å². The van der Waals surface area contributed by atoms with Crippen LogP contribution in [0.25, 0.3) is 0 Å². The third-order valence-corrected chi connectivity index (χ3v) is 6.40. The van der Waals surface area contributed by atoms with Gasteiger partial charge in [-0.25, -0.2) is 14.4 Å². The van der Waals surface area contributed by atoms with Crippen LogP contribution in [-0.4, -0.2) is 76.4 Å². The maximum absolute atomic E-state index is 13.3. The standard InChI is InChI=1S/C31H30O12/c1-18(32)40-27-26(42-29(34)20-12-6-9-15-23(20)37-3)25(17-39-28(33)19-11-5-8-14-22(19)36-2)41-31(27)43-30(35)21-13-7-10-16-24(21)38-4/h5-16,25-27,31H,17H2,1-4H3/t25-,26+,27+,31+/m0/s1. The molecule has 3 aromatic rings. The average Bonchev–Trinajstić information content (AvgIpc) is 3.33. The highest BCUT2D eigenvalue weighted by molar-refractivity contribution is 5.94. The maximum Gasteiger partial charge on any atom is 0.344 e. The van der Waals surface area contributed by atoms with E-state index in [1.54, 1.807) is 54.6 Å². The van der Waals surface area contributed by atoms with Crippen molar-refractivity contribution in [2.75, 3.05) is 27.9 Å². The van der Waals surface area contributed by atoms with Crippen LogP contribution in [0.4, 0.5) is 0 Å². The summed E-state index contributed by atoms with van der Waals surface area (Å²) in [5.74, 6) is -2.49. The molecule has 0 aliphatic carbocycles. The maximum atomic E-state index is 13.3. The summed E-state index contributed by atoms with van der Waals surface area (Å²) >= 11 is 0. The molecule has 1 aliphatic rings. The summed E-state index contributed by atoms with van der Waals surface area (Å²) in [6.07, 6.45) is -5.57. The molecule has 0 unspecified atom stereocenters. The molecule has 226 valence electrons. The molecule has 0 saturated carbocycles.